The highest BCUT2D eigenvalue weighted by atomic mass is 16.4. The van der Waals surface area contributed by atoms with E-state index < -0.39 is 0 Å². The summed E-state index contributed by atoms with van der Waals surface area (Å²) >= 11 is 0. The summed E-state index contributed by atoms with van der Waals surface area (Å²) in [5, 5.41) is 10.9. The summed E-state index contributed by atoms with van der Waals surface area (Å²) in [6.45, 7) is 0. The van der Waals surface area contributed by atoms with Crippen LogP contribution in [0.4, 0.5) is 0 Å². The summed E-state index contributed by atoms with van der Waals surface area (Å²) in [6, 6.07) is 1.62. The molecule has 0 aliphatic heterocycles. The highest BCUT2D eigenvalue weighted by molar-refractivity contribution is 5.79. The Morgan fingerprint density at radius 2 is 2.60 bits per heavy atom. The van der Waals surface area contributed by atoms with Gasteiger partial charge in [0.15, 0.2) is 5.76 Å². The Balaban J connectivity index is 3.04. The second-order valence-corrected chi connectivity index (χ2v) is 1.59. The van der Waals surface area contributed by atoms with Crippen LogP contribution in [-0.4, -0.2) is 11.4 Å². The first-order valence-electron chi connectivity index (χ1n) is 2.60. The molecular formula is C7H5NO2. The van der Waals surface area contributed by atoms with Crippen LogP contribution in [0.5, 0.6) is 0 Å². The van der Waals surface area contributed by atoms with E-state index >= 15 is 0 Å². The van der Waals surface area contributed by atoms with Crippen molar-refractivity contribution < 1.29 is 9.62 Å². The highest BCUT2D eigenvalue weighted by Gasteiger charge is 1.98. The summed E-state index contributed by atoms with van der Waals surface area (Å²) in [5.74, 6) is 2.76. The SMILES string of the molecule is C#Cc1ccoc1C=NO. The summed E-state index contributed by atoms with van der Waals surface area (Å²) in [5.41, 5.74) is 0.581. The van der Waals surface area contributed by atoms with Crippen LogP contribution in [0.2, 0.25) is 0 Å². The molecule has 0 aliphatic carbocycles. The zero-order valence-electron chi connectivity index (χ0n) is 5.11. The van der Waals surface area contributed by atoms with Crippen LogP contribution in [0.3, 0.4) is 0 Å². The van der Waals surface area contributed by atoms with Crippen molar-refractivity contribution in [2.45, 2.75) is 0 Å². The van der Waals surface area contributed by atoms with Gasteiger partial charge in [0, 0.05) is 0 Å². The Morgan fingerprint density at radius 3 is 3.20 bits per heavy atom. The molecule has 1 rings (SSSR count). The molecule has 0 amide bonds. The minimum absolute atomic E-state index is 0.394. The van der Waals surface area contributed by atoms with Gasteiger partial charge in [-0.05, 0) is 6.07 Å². The maximum Gasteiger partial charge on any atom is 0.163 e. The molecule has 0 saturated carbocycles. The van der Waals surface area contributed by atoms with E-state index in [9.17, 15) is 0 Å². The molecule has 0 aliphatic rings. The quantitative estimate of drug-likeness (QED) is 0.271. The van der Waals surface area contributed by atoms with Gasteiger partial charge < -0.3 is 9.62 Å². The van der Waals surface area contributed by atoms with Crippen LogP contribution in [0.1, 0.15) is 11.3 Å². The van der Waals surface area contributed by atoms with Crippen molar-refractivity contribution in [3.8, 4) is 12.3 Å². The van der Waals surface area contributed by atoms with Crippen LogP contribution >= 0.6 is 0 Å². The van der Waals surface area contributed by atoms with Crippen LogP contribution < -0.4 is 0 Å². The summed E-state index contributed by atoms with van der Waals surface area (Å²) in [4.78, 5) is 0. The van der Waals surface area contributed by atoms with Crippen molar-refractivity contribution in [1.29, 1.82) is 0 Å². The van der Waals surface area contributed by atoms with E-state index in [1.54, 1.807) is 6.07 Å². The molecule has 0 bridgehead atoms. The molecule has 50 valence electrons. The lowest BCUT2D eigenvalue weighted by molar-refractivity contribution is 0.320. The minimum Gasteiger partial charge on any atom is -0.462 e. The first-order chi connectivity index (χ1) is 4.88. The molecule has 3 nitrogen and oxygen atoms in total. The Kier molecular flexibility index (Phi) is 1.76. The van der Waals surface area contributed by atoms with Crippen LogP contribution in [-0.2, 0) is 0 Å². The smallest absolute Gasteiger partial charge is 0.163 e. The van der Waals surface area contributed by atoms with E-state index in [0.717, 1.165) is 6.21 Å². The molecular weight excluding hydrogens is 130 g/mol. The van der Waals surface area contributed by atoms with Crippen LogP contribution in [0.15, 0.2) is 21.9 Å². The van der Waals surface area contributed by atoms with E-state index in [1.807, 2.05) is 0 Å². The first-order valence-corrected chi connectivity index (χ1v) is 2.60. The normalized spacial score (nSPS) is 9.90. The third-order valence-electron chi connectivity index (χ3n) is 1.03. The Labute approximate surface area is 58.0 Å². The van der Waals surface area contributed by atoms with Crippen LogP contribution in [0.25, 0.3) is 0 Å². The van der Waals surface area contributed by atoms with Crippen molar-refractivity contribution in [3.05, 3.63) is 23.7 Å². The third kappa shape index (κ3) is 1.00. The molecule has 1 aromatic rings. The predicted molar refractivity (Wildman–Crippen MR) is 36.0 cm³/mol. The fraction of sp³-hybridized carbons (Fsp3) is 0. The van der Waals surface area contributed by atoms with Crippen LogP contribution in [0, 0.1) is 12.3 Å². The van der Waals surface area contributed by atoms with Gasteiger partial charge in [-0.25, -0.2) is 0 Å². The lowest BCUT2D eigenvalue weighted by Gasteiger charge is -1.81. The monoisotopic (exact) mass is 135 g/mol. The van der Waals surface area contributed by atoms with Gasteiger partial charge >= 0.3 is 0 Å². The van der Waals surface area contributed by atoms with E-state index in [4.69, 9.17) is 16.0 Å². The average molecular weight is 135 g/mol. The molecule has 0 spiro atoms. The standard InChI is InChI=1S/C7H5NO2/c1-2-6-3-4-10-7(6)5-8-9/h1,3-5,9H. The molecule has 1 N–H and O–H groups in total. The maximum absolute atomic E-state index is 8.10. The molecule has 0 fully saturated rings. The molecule has 0 radical (unpaired) electrons. The Hall–Kier alpha value is -1.69. The fourth-order valence-electron chi connectivity index (χ4n) is 0.593. The number of hydrogen-bond donors (Lipinski definition) is 1. The Morgan fingerprint density at radius 1 is 1.80 bits per heavy atom. The van der Waals surface area contributed by atoms with Crippen molar-refractivity contribution >= 4 is 6.21 Å². The number of oxime groups is 1. The number of hydrogen-bond acceptors (Lipinski definition) is 3. The van der Waals surface area contributed by atoms with Gasteiger partial charge in [0.05, 0.1) is 11.8 Å². The zero-order chi connectivity index (χ0) is 7.40. The largest absolute Gasteiger partial charge is 0.462 e. The summed E-state index contributed by atoms with van der Waals surface area (Å²) < 4.78 is 4.84. The van der Waals surface area contributed by atoms with Crippen molar-refractivity contribution in [1.82, 2.24) is 0 Å². The van der Waals surface area contributed by atoms with E-state index in [-0.39, 0.29) is 0 Å². The van der Waals surface area contributed by atoms with E-state index in [0.29, 0.717) is 11.3 Å². The predicted octanol–water partition coefficient (Wildman–Crippen LogP) is 1.07. The molecule has 1 aromatic heterocycles. The number of rotatable bonds is 1. The minimum atomic E-state index is 0.394. The molecule has 0 unspecified atom stereocenters. The maximum atomic E-state index is 8.10. The van der Waals surface area contributed by atoms with Crippen molar-refractivity contribution in [3.63, 3.8) is 0 Å². The topological polar surface area (TPSA) is 45.7 Å². The van der Waals surface area contributed by atoms with Gasteiger partial charge in [-0.3, -0.25) is 0 Å². The van der Waals surface area contributed by atoms with Crippen molar-refractivity contribution in [2.75, 3.05) is 0 Å². The molecule has 10 heavy (non-hydrogen) atoms. The zero-order valence-corrected chi connectivity index (χ0v) is 5.11. The first kappa shape index (κ1) is 6.43. The molecule has 3 heteroatoms. The lowest BCUT2D eigenvalue weighted by atomic mass is 10.3. The van der Waals surface area contributed by atoms with E-state index in [1.165, 1.54) is 6.26 Å². The van der Waals surface area contributed by atoms with Gasteiger partial charge in [-0.2, -0.15) is 0 Å². The number of nitrogens with zero attached hydrogens (tertiary/aromatic N) is 1. The fourth-order valence-corrected chi connectivity index (χ4v) is 0.593. The molecule has 1 heterocycles. The molecule has 0 atom stereocenters. The van der Waals surface area contributed by atoms with E-state index in [2.05, 4.69) is 11.1 Å². The Bertz CT molecular complexity index is 280. The lowest BCUT2D eigenvalue weighted by Crippen LogP contribution is -1.79. The third-order valence-corrected chi connectivity index (χ3v) is 1.03. The van der Waals surface area contributed by atoms with Gasteiger partial charge in [0.25, 0.3) is 0 Å². The molecule has 0 saturated heterocycles. The van der Waals surface area contributed by atoms with Gasteiger partial charge in [-0.1, -0.05) is 11.1 Å². The highest BCUT2D eigenvalue weighted by Crippen LogP contribution is 2.04. The number of terminal acetylenes is 1. The van der Waals surface area contributed by atoms with Gasteiger partial charge in [0.2, 0.25) is 0 Å². The average Bonchev–Trinajstić information content (AvgIpc) is 2.36. The summed E-state index contributed by atoms with van der Waals surface area (Å²) in [7, 11) is 0. The van der Waals surface area contributed by atoms with Gasteiger partial charge in [-0.15, -0.1) is 6.42 Å². The molecule has 0 aromatic carbocycles. The second-order valence-electron chi connectivity index (χ2n) is 1.59. The number of furan rings is 1. The van der Waals surface area contributed by atoms with Crippen molar-refractivity contribution in [2.24, 2.45) is 5.16 Å². The van der Waals surface area contributed by atoms with Gasteiger partial charge in [0.1, 0.15) is 6.21 Å². The summed E-state index contributed by atoms with van der Waals surface area (Å²) in [6.07, 6.45) is 7.66. The second kappa shape index (κ2) is 2.74.